The standard InChI is InChI=1S/C12H21NO.C3H8/c1-11(2)5-4-10-14-12-6-8-13(3)9-7-12;1-3-2/h11-12H,6-10H2,1-3H3;3H2,1-2H3. The lowest BCUT2D eigenvalue weighted by atomic mass is 10.1. The van der Waals surface area contributed by atoms with Crippen molar-refractivity contribution in [3.63, 3.8) is 0 Å². The first-order valence-corrected chi connectivity index (χ1v) is 6.88. The van der Waals surface area contributed by atoms with Crippen LogP contribution in [0.1, 0.15) is 47.0 Å². The summed E-state index contributed by atoms with van der Waals surface area (Å²) in [6, 6.07) is 0. The van der Waals surface area contributed by atoms with Gasteiger partial charge in [0.1, 0.15) is 6.61 Å². The van der Waals surface area contributed by atoms with Crippen molar-refractivity contribution in [2.24, 2.45) is 5.92 Å². The van der Waals surface area contributed by atoms with Gasteiger partial charge in [0.25, 0.3) is 0 Å². The second kappa shape index (κ2) is 10.6. The molecular weight excluding hydrogens is 210 g/mol. The maximum atomic E-state index is 5.68. The molecule has 1 aliphatic heterocycles. The molecule has 0 aromatic carbocycles. The van der Waals surface area contributed by atoms with Crippen LogP contribution in [0.4, 0.5) is 0 Å². The van der Waals surface area contributed by atoms with Crippen molar-refractivity contribution in [1.29, 1.82) is 0 Å². The predicted molar refractivity (Wildman–Crippen MR) is 75.1 cm³/mol. The third-order valence-corrected chi connectivity index (χ3v) is 2.45. The van der Waals surface area contributed by atoms with Crippen LogP contribution in [0.2, 0.25) is 0 Å². The molecule has 0 bridgehead atoms. The highest BCUT2D eigenvalue weighted by molar-refractivity contribution is 5.01. The Labute approximate surface area is 108 Å². The number of piperidine rings is 1. The van der Waals surface area contributed by atoms with Crippen molar-refractivity contribution in [1.82, 2.24) is 4.90 Å². The van der Waals surface area contributed by atoms with E-state index < -0.39 is 0 Å². The summed E-state index contributed by atoms with van der Waals surface area (Å²) in [4.78, 5) is 2.35. The monoisotopic (exact) mass is 239 g/mol. The third kappa shape index (κ3) is 10.4. The molecule has 0 aromatic heterocycles. The van der Waals surface area contributed by atoms with E-state index in [9.17, 15) is 0 Å². The fraction of sp³-hybridized carbons (Fsp3) is 0.867. The van der Waals surface area contributed by atoms with E-state index in [-0.39, 0.29) is 0 Å². The van der Waals surface area contributed by atoms with Gasteiger partial charge < -0.3 is 9.64 Å². The van der Waals surface area contributed by atoms with Crippen LogP contribution in [0.15, 0.2) is 0 Å². The summed E-state index contributed by atoms with van der Waals surface area (Å²) in [5, 5.41) is 0. The quantitative estimate of drug-likeness (QED) is 0.686. The van der Waals surface area contributed by atoms with Crippen molar-refractivity contribution in [2.45, 2.75) is 53.1 Å². The molecule has 0 spiro atoms. The van der Waals surface area contributed by atoms with Gasteiger partial charge in [0.05, 0.1) is 6.10 Å². The summed E-state index contributed by atoms with van der Waals surface area (Å²) >= 11 is 0. The summed E-state index contributed by atoms with van der Waals surface area (Å²) in [7, 11) is 2.16. The zero-order valence-electron chi connectivity index (χ0n) is 12.3. The van der Waals surface area contributed by atoms with Crippen molar-refractivity contribution < 1.29 is 4.74 Å². The molecule has 1 rings (SSSR count). The molecule has 0 aromatic rings. The maximum absolute atomic E-state index is 5.68. The molecule has 0 amide bonds. The van der Waals surface area contributed by atoms with Crippen molar-refractivity contribution >= 4 is 0 Å². The van der Waals surface area contributed by atoms with Gasteiger partial charge in [0, 0.05) is 19.0 Å². The lowest BCUT2D eigenvalue weighted by molar-refractivity contribution is 0.0306. The van der Waals surface area contributed by atoms with Gasteiger partial charge >= 0.3 is 0 Å². The summed E-state index contributed by atoms with van der Waals surface area (Å²) in [5.41, 5.74) is 0. The van der Waals surface area contributed by atoms with Crippen LogP contribution in [0, 0.1) is 17.8 Å². The molecule has 1 heterocycles. The molecule has 2 nitrogen and oxygen atoms in total. The molecule has 0 saturated carbocycles. The molecule has 0 aliphatic carbocycles. The van der Waals surface area contributed by atoms with Gasteiger partial charge in [-0.15, -0.1) is 0 Å². The largest absolute Gasteiger partial charge is 0.365 e. The van der Waals surface area contributed by atoms with Crippen molar-refractivity contribution in [3.8, 4) is 11.8 Å². The first-order valence-electron chi connectivity index (χ1n) is 6.88. The smallest absolute Gasteiger partial charge is 0.108 e. The van der Waals surface area contributed by atoms with Gasteiger partial charge in [-0.2, -0.15) is 0 Å². The van der Waals surface area contributed by atoms with Crippen molar-refractivity contribution in [3.05, 3.63) is 0 Å². The SMILES string of the molecule is CC(C)C#CCOC1CCN(C)CC1.CCC. The lowest BCUT2D eigenvalue weighted by Crippen LogP contribution is -2.34. The molecule has 1 saturated heterocycles. The molecule has 0 atom stereocenters. The Morgan fingerprint density at radius 2 is 1.76 bits per heavy atom. The van der Waals surface area contributed by atoms with E-state index in [0.717, 1.165) is 25.9 Å². The van der Waals surface area contributed by atoms with Crippen LogP contribution < -0.4 is 0 Å². The van der Waals surface area contributed by atoms with Crippen molar-refractivity contribution in [2.75, 3.05) is 26.7 Å². The van der Waals surface area contributed by atoms with E-state index in [2.05, 4.69) is 51.5 Å². The van der Waals surface area contributed by atoms with Gasteiger partial charge in [-0.05, 0) is 19.9 Å². The minimum Gasteiger partial charge on any atom is -0.365 e. The first-order chi connectivity index (χ1) is 8.10. The molecule has 0 unspecified atom stereocenters. The van der Waals surface area contributed by atoms with Gasteiger partial charge in [0.15, 0.2) is 0 Å². The minimum absolute atomic E-state index is 0.438. The topological polar surface area (TPSA) is 12.5 Å². The van der Waals surface area contributed by atoms with Gasteiger partial charge in [-0.3, -0.25) is 0 Å². The fourth-order valence-electron chi connectivity index (χ4n) is 1.56. The number of hydrogen-bond acceptors (Lipinski definition) is 2. The Balaban J connectivity index is 0.000000770. The van der Waals surface area contributed by atoms with E-state index in [0.29, 0.717) is 18.6 Å². The molecule has 1 aliphatic rings. The molecule has 100 valence electrons. The molecular formula is C15H29NO. The highest BCUT2D eigenvalue weighted by Gasteiger charge is 2.15. The van der Waals surface area contributed by atoms with Crippen LogP contribution in [-0.2, 0) is 4.74 Å². The normalized spacial score (nSPS) is 17.1. The summed E-state index contributed by atoms with van der Waals surface area (Å²) < 4.78 is 5.68. The van der Waals surface area contributed by atoms with Crippen LogP contribution in [0.3, 0.4) is 0 Å². The van der Waals surface area contributed by atoms with E-state index in [4.69, 9.17) is 4.74 Å². The predicted octanol–water partition coefficient (Wildman–Crippen LogP) is 3.17. The number of ether oxygens (including phenoxy) is 1. The average Bonchev–Trinajstić information content (AvgIpc) is 2.28. The zero-order chi connectivity index (χ0) is 13.1. The number of likely N-dealkylation sites (tertiary alicyclic amines) is 1. The Morgan fingerprint density at radius 3 is 2.24 bits per heavy atom. The van der Waals surface area contributed by atoms with Gasteiger partial charge in [-0.1, -0.05) is 46.0 Å². The maximum Gasteiger partial charge on any atom is 0.108 e. The third-order valence-electron chi connectivity index (χ3n) is 2.45. The van der Waals surface area contributed by atoms with Crippen LogP contribution in [0.25, 0.3) is 0 Å². The Kier molecular flexibility index (Phi) is 10.3. The Hall–Kier alpha value is -0.520. The van der Waals surface area contributed by atoms with Gasteiger partial charge in [0.2, 0.25) is 0 Å². The zero-order valence-corrected chi connectivity index (χ0v) is 12.3. The van der Waals surface area contributed by atoms with E-state index in [1.54, 1.807) is 0 Å². The number of rotatable bonds is 2. The lowest BCUT2D eigenvalue weighted by Gasteiger charge is -2.28. The number of hydrogen-bond donors (Lipinski definition) is 0. The molecule has 0 N–H and O–H groups in total. The summed E-state index contributed by atoms with van der Waals surface area (Å²) in [5.74, 6) is 6.62. The molecule has 17 heavy (non-hydrogen) atoms. The van der Waals surface area contributed by atoms with Gasteiger partial charge in [-0.25, -0.2) is 0 Å². The Bertz CT molecular complexity index is 219. The van der Waals surface area contributed by atoms with E-state index >= 15 is 0 Å². The highest BCUT2D eigenvalue weighted by atomic mass is 16.5. The summed E-state index contributed by atoms with van der Waals surface area (Å²) in [6.07, 6.45) is 3.99. The van der Waals surface area contributed by atoms with Crippen LogP contribution in [-0.4, -0.2) is 37.7 Å². The first kappa shape index (κ1) is 16.5. The summed E-state index contributed by atoms with van der Waals surface area (Å²) in [6.45, 7) is 11.4. The average molecular weight is 239 g/mol. The highest BCUT2D eigenvalue weighted by Crippen LogP contribution is 2.11. The Morgan fingerprint density at radius 1 is 1.24 bits per heavy atom. The van der Waals surface area contributed by atoms with E-state index in [1.165, 1.54) is 6.42 Å². The minimum atomic E-state index is 0.438. The van der Waals surface area contributed by atoms with E-state index in [1.807, 2.05) is 0 Å². The van der Waals surface area contributed by atoms with Crippen LogP contribution in [0.5, 0.6) is 0 Å². The van der Waals surface area contributed by atoms with Crippen LogP contribution >= 0.6 is 0 Å². The number of nitrogens with zero attached hydrogens (tertiary/aromatic N) is 1. The second-order valence-electron chi connectivity index (χ2n) is 5.00. The molecule has 2 heteroatoms. The second-order valence-corrected chi connectivity index (χ2v) is 5.00. The fourth-order valence-corrected chi connectivity index (χ4v) is 1.56. The molecule has 1 fully saturated rings. The molecule has 0 radical (unpaired) electrons.